The lowest BCUT2D eigenvalue weighted by molar-refractivity contribution is -0.112. The molecule has 220 valence electrons. The number of unbranched alkanes of at least 4 members (excludes halogenated alkanes) is 1. The maximum absolute atomic E-state index is 12.7. The largest absolute Gasteiger partial charge is 0.322 e. The summed E-state index contributed by atoms with van der Waals surface area (Å²) in [5, 5.41) is 19.1. The minimum absolute atomic E-state index is 0.110. The van der Waals surface area contributed by atoms with Crippen LogP contribution in [0.5, 0.6) is 0 Å². The summed E-state index contributed by atoms with van der Waals surface area (Å²) >= 11 is 6.27. The van der Waals surface area contributed by atoms with E-state index in [0.717, 1.165) is 62.0 Å². The molecule has 0 radical (unpaired) electrons. The number of halogens is 1. The van der Waals surface area contributed by atoms with Crippen LogP contribution < -0.4 is 10.6 Å². The predicted molar refractivity (Wildman–Crippen MR) is 175 cm³/mol. The lowest BCUT2D eigenvalue weighted by Crippen LogP contribution is -2.18. The van der Waals surface area contributed by atoms with E-state index in [2.05, 4.69) is 51.0 Å². The Hall–Kier alpha value is -2.50. The van der Waals surface area contributed by atoms with Crippen LogP contribution in [0.2, 0.25) is 0 Å². The summed E-state index contributed by atoms with van der Waals surface area (Å²) in [5.74, 6) is 0.536. The third kappa shape index (κ3) is 21.1. The van der Waals surface area contributed by atoms with Gasteiger partial charge in [0.05, 0.1) is 0 Å². The smallest absolute Gasteiger partial charge is 0.255 e. The zero-order valence-electron chi connectivity index (χ0n) is 25.6. The van der Waals surface area contributed by atoms with Crippen LogP contribution in [0, 0.1) is 16.7 Å². The average molecular weight is 559 g/mol. The van der Waals surface area contributed by atoms with Crippen LogP contribution in [0.4, 0.5) is 5.69 Å². The number of anilines is 1. The van der Waals surface area contributed by atoms with E-state index in [4.69, 9.17) is 22.4 Å². The summed E-state index contributed by atoms with van der Waals surface area (Å²) in [7, 11) is 0. The quantitative estimate of drug-likeness (QED) is 0.0602. The molecule has 1 unspecified atom stereocenters. The SMILES string of the molecule is C=C(/C=C(\C=C(/C)C1CC1)CNCCC)C(=O)Nc1cccc(CC(Cl)CC)c1.CC.CC=N.CCCC=N. The number of carbonyl (C=O) groups excluding carboxylic acids is 1. The van der Waals surface area contributed by atoms with E-state index in [1.54, 1.807) is 6.92 Å². The van der Waals surface area contributed by atoms with Gasteiger partial charge in [-0.25, -0.2) is 0 Å². The predicted octanol–water partition coefficient (Wildman–Crippen LogP) is 9.14. The standard InChI is InChI=1S/C25H35ClN2O.C4H9N.C2H5N.C2H6/c1-5-12-27-17-21(13-18(3)22-10-11-22)14-19(4)25(29)28-24-9-7-8-20(16-24)15-23(26)6-2;1-2-3-4-5;1-2-3;1-2/h7-9,13-14,16,22-23,27H,4-6,10-12,15,17H2,1-3H3,(H,28,29);4-5H,2-3H2,1H3;2-3H,1H3;1-2H3/b18-13+,21-14+;;;. The van der Waals surface area contributed by atoms with Crippen LogP contribution in [0.3, 0.4) is 0 Å². The number of allylic oxidation sites excluding steroid dienone is 1. The van der Waals surface area contributed by atoms with Crippen LogP contribution in [0.15, 0.2) is 59.7 Å². The first-order valence-corrected chi connectivity index (χ1v) is 15.0. The Kier molecular flexibility index (Phi) is 25.5. The molecule has 0 aromatic heterocycles. The molecule has 1 aromatic rings. The third-order valence-electron chi connectivity index (χ3n) is 5.56. The molecule has 1 aliphatic rings. The molecule has 0 saturated heterocycles. The van der Waals surface area contributed by atoms with Gasteiger partial charge in [0.1, 0.15) is 0 Å². The molecule has 1 aliphatic carbocycles. The molecule has 1 aromatic carbocycles. The van der Waals surface area contributed by atoms with E-state index in [-0.39, 0.29) is 11.3 Å². The van der Waals surface area contributed by atoms with Gasteiger partial charge < -0.3 is 21.5 Å². The van der Waals surface area contributed by atoms with Crippen molar-refractivity contribution in [2.45, 2.75) is 98.8 Å². The van der Waals surface area contributed by atoms with Crippen LogP contribution in [0.1, 0.15) is 92.6 Å². The molecule has 0 aliphatic heterocycles. The Labute approximate surface area is 244 Å². The molecule has 1 fully saturated rings. The fourth-order valence-corrected chi connectivity index (χ4v) is 3.50. The molecule has 0 bridgehead atoms. The highest BCUT2D eigenvalue weighted by molar-refractivity contribution is 6.20. The summed E-state index contributed by atoms with van der Waals surface area (Å²) in [4.78, 5) is 12.7. The number of hydrogen-bond donors (Lipinski definition) is 4. The van der Waals surface area contributed by atoms with Gasteiger partial charge in [-0.3, -0.25) is 4.79 Å². The highest BCUT2D eigenvalue weighted by Gasteiger charge is 2.23. The van der Waals surface area contributed by atoms with Gasteiger partial charge in [-0.2, -0.15) is 0 Å². The van der Waals surface area contributed by atoms with Gasteiger partial charge >= 0.3 is 0 Å². The summed E-state index contributed by atoms with van der Waals surface area (Å²) in [5.41, 5.74) is 4.86. The fourth-order valence-electron chi connectivity index (χ4n) is 3.32. The third-order valence-corrected chi connectivity index (χ3v) is 6.02. The van der Waals surface area contributed by atoms with Crippen molar-refractivity contribution in [3.05, 3.63) is 65.3 Å². The first kappa shape index (κ1) is 38.6. The summed E-state index contributed by atoms with van der Waals surface area (Å²) < 4.78 is 0. The Morgan fingerprint density at radius 3 is 2.28 bits per heavy atom. The number of hydrogen-bond acceptors (Lipinski definition) is 4. The Bertz CT molecular complexity index is 887. The van der Waals surface area contributed by atoms with E-state index < -0.39 is 0 Å². The minimum Gasteiger partial charge on any atom is -0.322 e. The monoisotopic (exact) mass is 558 g/mol. The second kappa shape index (κ2) is 25.8. The normalized spacial score (nSPS) is 13.2. The van der Waals surface area contributed by atoms with Gasteiger partial charge in [0.15, 0.2) is 0 Å². The fraction of sp³-hybridized carbons (Fsp3) is 0.545. The maximum atomic E-state index is 12.7. The topological polar surface area (TPSA) is 88.8 Å². The van der Waals surface area contributed by atoms with E-state index in [0.29, 0.717) is 11.5 Å². The van der Waals surface area contributed by atoms with Crippen LogP contribution >= 0.6 is 11.6 Å². The molecule has 5 nitrogen and oxygen atoms in total. The van der Waals surface area contributed by atoms with Crippen molar-refractivity contribution in [2.75, 3.05) is 18.4 Å². The second-order valence-corrected chi connectivity index (χ2v) is 9.85. The lowest BCUT2D eigenvalue weighted by Gasteiger charge is -2.11. The zero-order chi connectivity index (χ0) is 30.1. The molecule has 4 N–H and O–H groups in total. The molecule has 0 spiro atoms. The van der Waals surface area contributed by atoms with Crippen molar-refractivity contribution >= 4 is 35.6 Å². The molecule has 2 rings (SSSR count). The molecule has 6 heteroatoms. The van der Waals surface area contributed by atoms with E-state index >= 15 is 0 Å². The summed E-state index contributed by atoms with van der Waals surface area (Å²) in [6.07, 6.45) is 14.2. The average Bonchev–Trinajstić information content (AvgIpc) is 3.77. The van der Waals surface area contributed by atoms with Crippen LogP contribution in [-0.4, -0.2) is 36.8 Å². The highest BCUT2D eigenvalue weighted by Crippen LogP contribution is 2.36. The number of carbonyl (C=O) groups is 1. The van der Waals surface area contributed by atoms with Crippen LogP contribution in [-0.2, 0) is 11.2 Å². The van der Waals surface area contributed by atoms with Gasteiger partial charge in [0, 0.05) is 23.2 Å². The Morgan fingerprint density at radius 1 is 1.15 bits per heavy atom. The zero-order valence-corrected chi connectivity index (χ0v) is 26.4. The Balaban J connectivity index is 0. The first-order valence-electron chi connectivity index (χ1n) is 14.5. The molecular formula is C33H55ClN4O. The van der Waals surface area contributed by atoms with Crippen molar-refractivity contribution in [3.63, 3.8) is 0 Å². The van der Waals surface area contributed by atoms with Gasteiger partial charge in [0.25, 0.3) is 5.91 Å². The minimum atomic E-state index is -0.175. The maximum Gasteiger partial charge on any atom is 0.255 e. The molecular weight excluding hydrogens is 504 g/mol. The lowest BCUT2D eigenvalue weighted by atomic mass is 10.1. The van der Waals surface area contributed by atoms with Gasteiger partial charge in [-0.15, -0.1) is 11.6 Å². The van der Waals surface area contributed by atoms with Crippen molar-refractivity contribution in [1.29, 1.82) is 10.8 Å². The van der Waals surface area contributed by atoms with Gasteiger partial charge in [-0.1, -0.05) is 71.4 Å². The number of rotatable bonds is 14. The van der Waals surface area contributed by atoms with Gasteiger partial charge in [-0.05, 0) is 107 Å². The summed E-state index contributed by atoms with van der Waals surface area (Å²) in [6.45, 7) is 19.8. The first-order chi connectivity index (χ1) is 18.8. The molecule has 0 heterocycles. The van der Waals surface area contributed by atoms with Crippen LogP contribution in [0.25, 0.3) is 0 Å². The van der Waals surface area contributed by atoms with E-state index in [9.17, 15) is 4.79 Å². The Morgan fingerprint density at radius 2 is 1.79 bits per heavy atom. The molecule has 39 heavy (non-hydrogen) atoms. The number of nitrogens with one attached hydrogen (secondary N) is 4. The molecule has 1 amide bonds. The van der Waals surface area contributed by atoms with Gasteiger partial charge in [0.2, 0.25) is 0 Å². The molecule has 1 saturated carbocycles. The molecule has 1 atom stereocenters. The van der Waals surface area contributed by atoms with E-state index in [1.807, 2.05) is 44.2 Å². The van der Waals surface area contributed by atoms with Crippen molar-refractivity contribution < 1.29 is 4.79 Å². The van der Waals surface area contributed by atoms with Crippen molar-refractivity contribution in [3.8, 4) is 0 Å². The number of alkyl halides is 1. The highest BCUT2D eigenvalue weighted by atomic mass is 35.5. The van der Waals surface area contributed by atoms with Crippen molar-refractivity contribution in [2.24, 2.45) is 5.92 Å². The second-order valence-electron chi connectivity index (χ2n) is 9.23. The van der Waals surface area contributed by atoms with Crippen molar-refractivity contribution in [1.82, 2.24) is 5.32 Å². The summed E-state index contributed by atoms with van der Waals surface area (Å²) in [6, 6.07) is 7.87. The number of benzene rings is 1. The number of amides is 1. The van der Waals surface area contributed by atoms with E-state index in [1.165, 1.54) is 30.8 Å².